The predicted octanol–water partition coefficient (Wildman–Crippen LogP) is 4.45. The van der Waals surface area contributed by atoms with Crippen molar-refractivity contribution in [1.29, 1.82) is 0 Å². The van der Waals surface area contributed by atoms with E-state index in [0.29, 0.717) is 17.8 Å². The van der Waals surface area contributed by atoms with E-state index in [4.69, 9.17) is 4.74 Å². The van der Waals surface area contributed by atoms with Crippen molar-refractivity contribution in [2.24, 2.45) is 28.6 Å². The standard InChI is InChI=1S/C21H30O3/c1-13(22)24-19-12-21(3)14(11-18(19)23)6-7-15-16-5-4-9-20(16,2)10-8-17(15)21/h11,15-17,19H,4-10,12H2,1-3H3/t15-,16-,17+,19?,20-,21-/m0/s1. The third kappa shape index (κ3) is 2.30. The van der Waals surface area contributed by atoms with Crippen molar-refractivity contribution < 1.29 is 14.3 Å². The van der Waals surface area contributed by atoms with E-state index in [1.807, 2.05) is 6.08 Å². The summed E-state index contributed by atoms with van der Waals surface area (Å²) in [5.41, 5.74) is 1.93. The molecule has 132 valence electrons. The lowest BCUT2D eigenvalue weighted by atomic mass is 9.47. The molecule has 6 atom stereocenters. The zero-order valence-corrected chi connectivity index (χ0v) is 15.3. The van der Waals surface area contributed by atoms with E-state index >= 15 is 0 Å². The van der Waals surface area contributed by atoms with Crippen molar-refractivity contribution in [2.45, 2.75) is 78.2 Å². The van der Waals surface area contributed by atoms with Gasteiger partial charge >= 0.3 is 5.97 Å². The van der Waals surface area contributed by atoms with Crippen molar-refractivity contribution in [3.8, 4) is 0 Å². The first-order chi connectivity index (χ1) is 11.3. The molecule has 3 heteroatoms. The molecule has 3 fully saturated rings. The molecule has 0 aliphatic heterocycles. The van der Waals surface area contributed by atoms with Crippen molar-refractivity contribution in [3.63, 3.8) is 0 Å². The van der Waals surface area contributed by atoms with Crippen molar-refractivity contribution in [1.82, 2.24) is 0 Å². The number of carbonyl (C=O) groups is 2. The molecule has 0 heterocycles. The third-order valence-corrected chi connectivity index (χ3v) is 8.07. The normalized spacial score (nSPS) is 47.3. The summed E-state index contributed by atoms with van der Waals surface area (Å²) in [7, 11) is 0. The molecule has 0 bridgehead atoms. The number of esters is 1. The molecule has 0 aromatic carbocycles. The molecule has 4 rings (SSSR count). The van der Waals surface area contributed by atoms with Gasteiger partial charge in [0.15, 0.2) is 11.9 Å². The van der Waals surface area contributed by atoms with Crippen molar-refractivity contribution in [3.05, 3.63) is 11.6 Å². The van der Waals surface area contributed by atoms with Gasteiger partial charge in [0.1, 0.15) is 0 Å². The average molecular weight is 330 g/mol. The summed E-state index contributed by atoms with van der Waals surface area (Å²) in [6.07, 6.45) is 11.0. The van der Waals surface area contributed by atoms with E-state index in [0.717, 1.165) is 18.3 Å². The minimum atomic E-state index is -0.563. The maximum atomic E-state index is 12.4. The van der Waals surface area contributed by atoms with Crippen LogP contribution >= 0.6 is 0 Å². The fourth-order valence-electron chi connectivity index (χ4n) is 6.89. The quantitative estimate of drug-likeness (QED) is 0.667. The van der Waals surface area contributed by atoms with Gasteiger partial charge in [-0.25, -0.2) is 0 Å². The lowest BCUT2D eigenvalue weighted by Crippen LogP contribution is -2.51. The van der Waals surface area contributed by atoms with Gasteiger partial charge in [0.25, 0.3) is 0 Å². The number of ether oxygens (including phenoxy) is 1. The van der Waals surface area contributed by atoms with Gasteiger partial charge in [0.05, 0.1) is 0 Å². The van der Waals surface area contributed by atoms with Crippen LogP contribution in [0.1, 0.15) is 72.1 Å². The Labute approximate surface area is 145 Å². The second kappa shape index (κ2) is 5.44. The van der Waals surface area contributed by atoms with Crippen LogP contribution in [-0.2, 0) is 14.3 Å². The maximum absolute atomic E-state index is 12.4. The summed E-state index contributed by atoms with van der Waals surface area (Å²) in [5, 5.41) is 0. The minimum absolute atomic E-state index is 0.00219. The highest BCUT2D eigenvalue weighted by atomic mass is 16.5. The van der Waals surface area contributed by atoms with Crippen LogP contribution in [0, 0.1) is 28.6 Å². The highest BCUT2D eigenvalue weighted by Crippen LogP contribution is 2.65. The highest BCUT2D eigenvalue weighted by Gasteiger charge is 2.57. The molecule has 0 aromatic heterocycles. The largest absolute Gasteiger partial charge is 0.454 e. The first kappa shape index (κ1) is 16.4. The molecule has 0 spiro atoms. The minimum Gasteiger partial charge on any atom is -0.454 e. The second-order valence-electron chi connectivity index (χ2n) is 9.29. The molecule has 4 aliphatic rings. The summed E-state index contributed by atoms with van der Waals surface area (Å²) in [6, 6.07) is 0. The Morgan fingerprint density at radius 2 is 1.96 bits per heavy atom. The second-order valence-corrected chi connectivity index (χ2v) is 9.29. The number of fused-ring (bicyclic) bond motifs is 5. The van der Waals surface area contributed by atoms with Crippen LogP contribution in [-0.4, -0.2) is 17.9 Å². The Hall–Kier alpha value is -1.12. The molecule has 24 heavy (non-hydrogen) atoms. The summed E-state index contributed by atoms with van der Waals surface area (Å²) in [6.45, 7) is 6.26. The SMILES string of the molecule is CC(=O)OC1C[C@@]2(C)C(=CC1=O)CC[C@@H]1[C@H]2CC[C@]2(C)CCC[C@@H]12. The molecule has 1 unspecified atom stereocenters. The van der Waals surface area contributed by atoms with Crippen LogP contribution in [0.5, 0.6) is 0 Å². The first-order valence-corrected chi connectivity index (χ1v) is 9.76. The average Bonchev–Trinajstić information content (AvgIpc) is 2.90. The van der Waals surface area contributed by atoms with E-state index in [1.165, 1.54) is 51.0 Å². The summed E-state index contributed by atoms with van der Waals surface area (Å²) < 4.78 is 5.37. The Morgan fingerprint density at radius 1 is 1.17 bits per heavy atom. The molecule has 0 aromatic rings. The molecule has 0 N–H and O–H groups in total. The molecule has 0 amide bonds. The Kier molecular flexibility index (Phi) is 3.71. The third-order valence-electron chi connectivity index (χ3n) is 8.07. The molecular formula is C21H30O3. The smallest absolute Gasteiger partial charge is 0.303 e. The number of ketones is 1. The van der Waals surface area contributed by atoms with Gasteiger partial charge < -0.3 is 4.74 Å². The van der Waals surface area contributed by atoms with E-state index in [2.05, 4.69) is 13.8 Å². The maximum Gasteiger partial charge on any atom is 0.303 e. The number of hydrogen-bond acceptors (Lipinski definition) is 3. The van der Waals surface area contributed by atoms with Gasteiger partial charge in [-0.1, -0.05) is 25.8 Å². The molecule has 4 aliphatic carbocycles. The lowest BCUT2D eigenvalue weighted by molar-refractivity contribution is -0.155. The van der Waals surface area contributed by atoms with Gasteiger partial charge in [0, 0.05) is 13.3 Å². The van der Waals surface area contributed by atoms with Crippen molar-refractivity contribution >= 4 is 11.8 Å². The van der Waals surface area contributed by atoms with Crippen LogP contribution in [0.4, 0.5) is 0 Å². The van der Waals surface area contributed by atoms with Crippen LogP contribution < -0.4 is 0 Å². The molecule has 3 saturated carbocycles. The zero-order valence-electron chi connectivity index (χ0n) is 15.3. The highest BCUT2D eigenvalue weighted by molar-refractivity contribution is 5.96. The number of hydrogen-bond donors (Lipinski definition) is 0. The number of carbonyl (C=O) groups excluding carboxylic acids is 2. The van der Waals surface area contributed by atoms with E-state index in [9.17, 15) is 9.59 Å². The Bertz CT molecular complexity index is 606. The van der Waals surface area contributed by atoms with Gasteiger partial charge in [-0.15, -0.1) is 0 Å². The summed E-state index contributed by atoms with van der Waals surface area (Å²) in [5.74, 6) is 1.96. The Morgan fingerprint density at radius 3 is 2.71 bits per heavy atom. The zero-order chi connectivity index (χ0) is 17.1. The number of rotatable bonds is 1. The van der Waals surface area contributed by atoms with Crippen LogP contribution in [0.2, 0.25) is 0 Å². The van der Waals surface area contributed by atoms with Gasteiger partial charge in [-0.3, -0.25) is 9.59 Å². The molecule has 0 saturated heterocycles. The first-order valence-electron chi connectivity index (χ1n) is 9.76. The fourth-order valence-corrected chi connectivity index (χ4v) is 6.89. The molecule has 0 radical (unpaired) electrons. The predicted molar refractivity (Wildman–Crippen MR) is 92.3 cm³/mol. The molecular weight excluding hydrogens is 300 g/mol. The summed E-state index contributed by atoms with van der Waals surface area (Å²) >= 11 is 0. The van der Waals surface area contributed by atoms with E-state index in [1.54, 1.807) is 0 Å². The monoisotopic (exact) mass is 330 g/mol. The molecule has 3 nitrogen and oxygen atoms in total. The van der Waals surface area contributed by atoms with Gasteiger partial charge in [-0.2, -0.15) is 0 Å². The van der Waals surface area contributed by atoms with Crippen molar-refractivity contribution in [2.75, 3.05) is 0 Å². The van der Waals surface area contributed by atoms with E-state index < -0.39 is 6.10 Å². The van der Waals surface area contributed by atoms with Crippen LogP contribution in [0.15, 0.2) is 11.6 Å². The topological polar surface area (TPSA) is 43.4 Å². The summed E-state index contributed by atoms with van der Waals surface area (Å²) in [4.78, 5) is 23.8. The fraction of sp³-hybridized carbons (Fsp3) is 0.810. The van der Waals surface area contributed by atoms with E-state index in [-0.39, 0.29) is 17.2 Å². The number of allylic oxidation sites excluding steroid dienone is 1. The van der Waals surface area contributed by atoms with Crippen LogP contribution in [0.3, 0.4) is 0 Å². The lowest BCUT2D eigenvalue weighted by Gasteiger charge is -2.57. The van der Waals surface area contributed by atoms with Gasteiger partial charge in [-0.05, 0) is 73.2 Å². The van der Waals surface area contributed by atoms with Gasteiger partial charge in [0.2, 0.25) is 0 Å². The Balaban J connectivity index is 1.65. The van der Waals surface area contributed by atoms with Crippen LogP contribution in [0.25, 0.3) is 0 Å².